The molecule has 0 unspecified atom stereocenters. The van der Waals surface area contributed by atoms with Crippen molar-refractivity contribution in [1.29, 1.82) is 5.26 Å². The van der Waals surface area contributed by atoms with Gasteiger partial charge in [0.2, 0.25) is 11.6 Å². The summed E-state index contributed by atoms with van der Waals surface area (Å²) in [6.45, 7) is 7.61. The van der Waals surface area contributed by atoms with E-state index >= 15 is 0 Å². The van der Waals surface area contributed by atoms with Crippen molar-refractivity contribution in [1.82, 2.24) is 9.97 Å². The molecule has 0 saturated carbocycles. The Kier molecular flexibility index (Phi) is 12.6. The fraction of sp³-hybridized carbons (Fsp3) is 0.250. The van der Waals surface area contributed by atoms with Gasteiger partial charge < -0.3 is 35.8 Å². The van der Waals surface area contributed by atoms with E-state index in [2.05, 4.69) is 20.9 Å². The lowest BCUT2D eigenvalue weighted by atomic mass is 10.00. The summed E-state index contributed by atoms with van der Waals surface area (Å²) in [5.74, 6) is 0.0220. The van der Waals surface area contributed by atoms with E-state index in [0.717, 1.165) is 5.56 Å². The van der Waals surface area contributed by atoms with E-state index < -0.39 is 18.0 Å². The SMILES string of the molecule is [C-]#[N+]c1c(N)nc(SCc2coc(-c3ccc(Cl)cc3)n2)c(C#N)c1-c1ccc(OC[C@@H](COC(=O)CCN)OC(=O)CCN)cc1. The maximum absolute atomic E-state index is 12.0. The molecular formula is C32H30ClN7O6S. The Bertz CT molecular complexity index is 1790. The molecule has 0 aliphatic heterocycles. The highest BCUT2D eigenvalue weighted by Crippen LogP contribution is 2.42. The summed E-state index contributed by atoms with van der Waals surface area (Å²) in [5.41, 5.74) is 19.4. The third-order valence-electron chi connectivity index (χ3n) is 6.39. The lowest BCUT2D eigenvalue weighted by molar-refractivity contribution is -0.160. The van der Waals surface area contributed by atoms with Crippen molar-refractivity contribution in [3.05, 3.63) is 82.5 Å². The van der Waals surface area contributed by atoms with Crippen molar-refractivity contribution in [3.63, 3.8) is 0 Å². The number of halogens is 1. The molecule has 47 heavy (non-hydrogen) atoms. The summed E-state index contributed by atoms with van der Waals surface area (Å²) in [6, 6.07) is 15.8. The first-order valence-corrected chi connectivity index (χ1v) is 15.5. The minimum Gasteiger partial charge on any atom is -0.490 e. The molecule has 0 bridgehead atoms. The molecule has 0 aliphatic rings. The molecule has 0 radical (unpaired) electrons. The fourth-order valence-electron chi connectivity index (χ4n) is 4.18. The molecule has 0 fully saturated rings. The van der Waals surface area contributed by atoms with Crippen LogP contribution in [-0.2, 0) is 24.8 Å². The number of nitrogens with two attached hydrogens (primary N) is 3. The van der Waals surface area contributed by atoms with Crippen LogP contribution in [0.4, 0.5) is 11.5 Å². The third kappa shape index (κ3) is 9.45. The maximum atomic E-state index is 12.0. The van der Waals surface area contributed by atoms with E-state index in [-0.39, 0.29) is 56.2 Å². The van der Waals surface area contributed by atoms with Crippen LogP contribution in [-0.4, -0.2) is 54.3 Å². The highest BCUT2D eigenvalue weighted by Gasteiger charge is 2.22. The zero-order valence-corrected chi connectivity index (χ0v) is 26.6. The number of hydrogen-bond donors (Lipinski definition) is 3. The maximum Gasteiger partial charge on any atom is 0.307 e. The Morgan fingerprint density at radius 1 is 1.02 bits per heavy atom. The largest absolute Gasteiger partial charge is 0.490 e. The second-order valence-electron chi connectivity index (χ2n) is 9.77. The molecule has 2 aromatic heterocycles. The van der Waals surface area contributed by atoms with Gasteiger partial charge in [-0.15, -0.1) is 0 Å². The van der Waals surface area contributed by atoms with Gasteiger partial charge in [0.05, 0.1) is 30.7 Å². The van der Waals surface area contributed by atoms with Crippen LogP contribution < -0.4 is 21.9 Å². The lowest BCUT2D eigenvalue weighted by Gasteiger charge is -2.19. The topological polar surface area (TPSA) is 207 Å². The number of carbonyl (C=O) groups is 2. The molecule has 0 saturated heterocycles. The Morgan fingerprint density at radius 2 is 1.70 bits per heavy atom. The Morgan fingerprint density at radius 3 is 2.36 bits per heavy atom. The highest BCUT2D eigenvalue weighted by atomic mass is 35.5. The third-order valence-corrected chi connectivity index (χ3v) is 7.65. The molecule has 242 valence electrons. The average Bonchev–Trinajstić information content (AvgIpc) is 3.54. The lowest BCUT2D eigenvalue weighted by Crippen LogP contribution is -2.31. The number of carbonyl (C=O) groups excluding carboxylic acids is 2. The smallest absolute Gasteiger partial charge is 0.307 e. The quantitative estimate of drug-likeness (QED) is 0.0873. The van der Waals surface area contributed by atoms with Crippen molar-refractivity contribution in [2.24, 2.45) is 11.5 Å². The predicted molar refractivity (Wildman–Crippen MR) is 175 cm³/mol. The summed E-state index contributed by atoms with van der Waals surface area (Å²) in [7, 11) is 0. The number of benzene rings is 2. The van der Waals surface area contributed by atoms with Crippen molar-refractivity contribution in [2.75, 3.05) is 32.0 Å². The molecule has 4 aromatic rings. The van der Waals surface area contributed by atoms with Crippen molar-refractivity contribution < 1.29 is 28.2 Å². The Hall–Kier alpha value is -5.12. The standard InChI is InChI=1S/C32H30ClN7O6S/c1-38-29-28(19-4-8-23(9-5-19)43-16-24(46-27(42)11-13-35)17-44-26(41)10-12-34)25(14-36)32(40-30(29)37)47-18-22-15-45-31(39-22)20-2-6-21(33)7-3-20/h2-9,15,24H,10-13,16-18,34-35H2,(H2,37,40)/t24-/m0/s1. The van der Waals surface area contributed by atoms with Crippen LogP contribution in [0.2, 0.25) is 5.02 Å². The number of nitrogens with zero attached hydrogens (tertiary/aromatic N) is 4. The first-order chi connectivity index (χ1) is 22.8. The van der Waals surface area contributed by atoms with Crippen LogP contribution in [0, 0.1) is 17.9 Å². The van der Waals surface area contributed by atoms with E-state index in [1.165, 1.54) is 18.0 Å². The van der Waals surface area contributed by atoms with Gasteiger partial charge in [-0.3, -0.25) is 9.59 Å². The number of hydrogen-bond acceptors (Lipinski definition) is 13. The van der Waals surface area contributed by atoms with Crippen LogP contribution in [0.15, 0.2) is 64.2 Å². The van der Waals surface area contributed by atoms with Gasteiger partial charge in [0.25, 0.3) is 0 Å². The molecule has 2 aromatic carbocycles. The number of aromatic nitrogens is 2. The second kappa shape index (κ2) is 17.0. The number of pyridine rings is 1. The molecule has 0 amide bonds. The van der Waals surface area contributed by atoms with Crippen LogP contribution in [0.25, 0.3) is 27.4 Å². The van der Waals surface area contributed by atoms with Gasteiger partial charge in [-0.25, -0.2) is 14.8 Å². The van der Waals surface area contributed by atoms with Gasteiger partial charge in [0, 0.05) is 35.0 Å². The molecule has 4 rings (SSSR count). The zero-order chi connectivity index (χ0) is 33.8. The minimum atomic E-state index is -0.888. The van der Waals surface area contributed by atoms with Gasteiger partial charge in [-0.1, -0.05) is 35.5 Å². The van der Waals surface area contributed by atoms with Gasteiger partial charge in [0.15, 0.2) is 6.10 Å². The van der Waals surface area contributed by atoms with Gasteiger partial charge in [-0.2, -0.15) is 5.26 Å². The summed E-state index contributed by atoms with van der Waals surface area (Å²) >= 11 is 7.20. The predicted octanol–water partition coefficient (Wildman–Crippen LogP) is 4.89. The molecular weight excluding hydrogens is 646 g/mol. The molecule has 2 heterocycles. The van der Waals surface area contributed by atoms with Crippen LogP contribution in [0.5, 0.6) is 5.75 Å². The normalized spacial score (nSPS) is 11.3. The molecule has 0 aliphatic carbocycles. The number of oxazole rings is 1. The fourth-order valence-corrected chi connectivity index (χ4v) is 5.17. The minimum absolute atomic E-state index is 0.00900. The van der Waals surface area contributed by atoms with E-state index in [1.54, 1.807) is 48.5 Å². The average molecular weight is 676 g/mol. The summed E-state index contributed by atoms with van der Waals surface area (Å²) in [4.78, 5) is 36.2. The van der Waals surface area contributed by atoms with Gasteiger partial charge in [0.1, 0.15) is 42.1 Å². The van der Waals surface area contributed by atoms with Crippen molar-refractivity contribution in [2.45, 2.75) is 29.7 Å². The zero-order valence-electron chi connectivity index (χ0n) is 25.0. The number of esters is 2. The monoisotopic (exact) mass is 675 g/mol. The second-order valence-corrected chi connectivity index (χ2v) is 11.2. The Balaban J connectivity index is 1.51. The highest BCUT2D eigenvalue weighted by molar-refractivity contribution is 7.98. The molecule has 15 heteroatoms. The number of thioether (sulfide) groups is 1. The Labute approximate surface area is 279 Å². The first kappa shape index (κ1) is 34.7. The summed E-state index contributed by atoms with van der Waals surface area (Å²) in [5, 5.41) is 11.1. The number of nitrogen functional groups attached to an aromatic ring is 1. The number of ether oxygens (including phenoxy) is 3. The van der Waals surface area contributed by atoms with Crippen molar-refractivity contribution in [3.8, 4) is 34.4 Å². The number of anilines is 1. The number of nitriles is 1. The summed E-state index contributed by atoms with van der Waals surface area (Å²) < 4.78 is 21.9. The molecule has 6 N–H and O–H groups in total. The van der Waals surface area contributed by atoms with Crippen molar-refractivity contribution >= 4 is 46.8 Å². The van der Waals surface area contributed by atoms with E-state index in [9.17, 15) is 14.9 Å². The van der Waals surface area contributed by atoms with Gasteiger partial charge >= 0.3 is 11.9 Å². The molecule has 0 spiro atoms. The van der Waals surface area contributed by atoms with Gasteiger partial charge in [-0.05, 0) is 42.0 Å². The molecule has 13 nitrogen and oxygen atoms in total. The van der Waals surface area contributed by atoms with E-state index in [0.29, 0.717) is 44.3 Å². The van der Waals surface area contributed by atoms with E-state index in [1.807, 2.05) is 0 Å². The first-order valence-electron chi connectivity index (χ1n) is 14.2. The number of rotatable bonds is 15. The summed E-state index contributed by atoms with van der Waals surface area (Å²) in [6.07, 6.45) is 0.646. The van der Waals surface area contributed by atoms with Crippen LogP contribution in [0.3, 0.4) is 0 Å². The van der Waals surface area contributed by atoms with Crippen LogP contribution in [0.1, 0.15) is 24.1 Å². The van der Waals surface area contributed by atoms with E-state index in [4.69, 9.17) is 54.0 Å². The van der Waals surface area contributed by atoms with Crippen LogP contribution >= 0.6 is 23.4 Å². The molecule has 1 atom stereocenters.